The fraction of sp³-hybridized carbons (Fsp3) is 0.261. The molecule has 0 saturated carbocycles. The van der Waals surface area contributed by atoms with Gasteiger partial charge in [-0.25, -0.2) is 4.68 Å². The first-order chi connectivity index (χ1) is 14.6. The quantitative estimate of drug-likeness (QED) is 0.672. The van der Waals surface area contributed by atoms with Crippen LogP contribution in [0.15, 0.2) is 59.4 Å². The van der Waals surface area contributed by atoms with Crippen LogP contribution < -0.4 is 19.9 Å². The number of hydrogen-bond donors (Lipinski definition) is 0. The first-order valence-corrected chi connectivity index (χ1v) is 10.0. The van der Waals surface area contributed by atoms with Crippen molar-refractivity contribution in [1.82, 2.24) is 9.78 Å². The Morgan fingerprint density at radius 2 is 1.90 bits per heavy atom. The Labute approximate surface area is 173 Å². The third-order valence-electron chi connectivity index (χ3n) is 5.59. The third kappa shape index (κ3) is 3.12. The molecule has 30 heavy (non-hydrogen) atoms. The molecule has 0 fully saturated rings. The Hall–Kier alpha value is -3.61. The molecule has 0 N–H and O–H groups in total. The van der Waals surface area contributed by atoms with E-state index in [9.17, 15) is 9.59 Å². The number of benzene rings is 2. The van der Waals surface area contributed by atoms with E-state index in [2.05, 4.69) is 5.10 Å². The Morgan fingerprint density at radius 3 is 2.80 bits per heavy atom. The van der Waals surface area contributed by atoms with E-state index in [0.717, 1.165) is 29.7 Å². The molecule has 0 saturated heterocycles. The molecule has 3 aromatic rings. The number of nitrogens with zero attached hydrogens (tertiary/aromatic N) is 3. The predicted octanol–water partition coefficient (Wildman–Crippen LogP) is 3.18. The van der Waals surface area contributed by atoms with Crippen LogP contribution in [0.2, 0.25) is 0 Å². The van der Waals surface area contributed by atoms with Crippen molar-refractivity contribution < 1.29 is 14.3 Å². The Balaban J connectivity index is 1.48. The van der Waals surface area contributed by atoms with Gasteiger partial charge in [0.2, 0.25) is 6.79 Å². The predicted molar refractivity (Wildman–Crippen MR) is 112 cm³/mol. The van der Waals surface area contributed by atoms with Gasteiger partial charge in [0.25, 0.3) is 11.5 Å². The summed E-state index contributed by atoms with van der Waals surface area (Å²) < 4.78 is 12.0. The number of anilines is 1. The van der Waals surface area contributed by atoms with Crippen molar-refractivity contribution in [3.05, 3.63) is 70.5 Å². The summed E-state index contributed by atoms with van der Waals surface area (Å²) in [5.41, 5.74) is 3.13. The Bertz CT molecular complexity index is 1190. The van der Waals surface area contributed by atoms with Crippen molar-refractivity contribution >= 4 is 11.6 Å². The maximum atomic E-state index is 13.3. The summed E-state index contributed by atoms with van der Waals surface area (Å²) in [6.07, 6.45) is 1.85. The fourth-order valence-electron chi connectivity index (χ4n) is 4.01. The van der Waals surface area contributed by atoms with Crippen LogP contribution in [0.25, 0.3) is 11.3 Å². The summed E-state index contributed by atoms with van der Waals surface area (Å²) in [7, 11) is 0. The number of aromatic nitrogens is 2. The molecule has 2 aromatic carbocycles. The molecular formula is C23H21N3O4. The maximum absolute atomic E-state index is 13.3. The SMILES string of the molecule is CC(C(=O)N1CCCc2ccccc21)n1nc(-c2ccc3c(c2)OCO3)ccc1=O. The van der Waals surface area contributed by atoms with E-state index < -0.39 is 6.04 Å². The van der Waals surface area contributed by atoms with Gasteiger partial charge in [-0.3, -0.25) is 9.59 Å². The summed E-state index contributed by atoms with van der Waals surface area (Å²) >= 11 is 0. The van der Waals surface area contributed by atoms with Crippen LogP contribution in [-0.4, -0.2) is 29.0 Å². The van der Waals surface area contributed by atoms with Crippen molar-refractivity contribution in [3.63, 3.8) is 0 Å². The van der Waals surface area contributed by atoms with Gasteiger partial charge in [0.05, 0.1) is 5.69 Å². The first kappa shape index (κ1) is 18.4. The molecule has 0 spiro atoms. The van der Waals surface area contributed by atoms with E-state index in [0.29, 0.717) is 23.7 Å². The summed E-state index contributed by atoms with van der Waals surface area (Å²) in [5, 5.41) is 4.50. The zero-order chi connectivity index (χ0) is 20.7. The average Bonchev–Trinajstić information content (AvgIpc) is 3.26. The summed E-state index contributed by atoms with van der Waals surface area (Å²) in [6, 6.07) is 15.8. The zero-order valence-electron chi connectivity index (χ0n) is 16.6. The van der Waals surface area contributed by atoms with Gasteiger partial charge in [-0.2, -0.15) is 5.10 Å². The van der Waals surface area contributed by atoms with E-state index in [4.69, 9.17) is 9.47 Å². The Morgan fingerprint density at radius 1 is 1.07 bits per heavy atom. The smallest absolute Gasteiger partial charge is 0.267 e. The van der Waals surface area contributed by atoms with Gasteiger partial charge in [-0.05, 0) is 55.7 Å². The minimum Gasteiger partial charge on any atom is -0.454 e. The fourth-order valence-corrected chi connectivity index (χ4v) is 4.01. The van der Waals surface area contributed by atoms with Crippen LogP contribution >= 0.6 is 0 Å². The molecule has 152 valence electrons. The summed E-state index contributed by atoms with van der Waals surface area (Å²) in [6.45, 7) is 2.54. The van der Waals surface area contributed by atoms with Gasteiger partial charge < -0.3 is 14.4 Å². The minimum absolute atomic E-state index is 0.139. The zero-order valence-corrected chi connectivity index (χ0v) is 16.6. The molecule has 3 heterocycles. The van der Waals surface area contributed by atoms with E-state index in [1.54, 1.807) is 17.9 Å². The number of rotatable bonds is 3. The van der Waals surface area contributed by atoms with E-state index in [1.165, 1.54) is 10.7 Å². The molecular weight excluding hydrogens is 382 g/mol. The van der Waals surface area contributed by atoms with Crippen LogP contribution in [0.4, 0.5) is 5.69 Å². The molecule has 0 radical (unpaired) electrons. The molecule has 1 atom stereocenters. The number of carbonyl (C=O) groups is 1. The van der Waals surface area contributed by atoms with Crippen LogP contribution in [0.3, 0.4) is 0 Å². The second-order valence-corrected chi connectivity index (χ2v) is 7.47. The number of para-hydroxylation sites is 1. The van der Waals surface area contributed by atoms with Gasteiger partial charge in [-0.1, -0.05) is 18.2 Å². The van der Waals surface area contributed by atoms with Crippen molar-refractivity contribution in [2.24, 2.45) is 0 Å². The molecule has 2 aliphatic heterocycles. The lowest BCUT2D eigenvalue weighted by Crippen LogP contribution is -2.42. The van der Waals surface area contributed by atoms with Crippen molar-refractivity contribution in [1.29, 1.82) is 0 Å². The second kappa shape index (κ2) is 7.33. The number of amides is 1. The highest BCUT2D eigenvalue weighted by molar-refractivity contribution is 5.97. The van der Waals surface area contributed by atoms with Gasteiger partial charge in [0.1, 0.15) is 6.04 Å². The minimum atomic E-state index is -0.724. The highest BCUT2D eigenvalue weighted by atomic mass is 16.7. The molecule has 7 heteroatoms. The molecule has 1 aromatic heterocycles. The molecule has 7 nitrogen and oxygen atoms in total. The van der Waals surface area contributed by atoms with E-state index >= 15 is 0 Å². The van der Waals surface area contributed by atoms with Gasteiger partial charge >= 0.3 is 0 Å². The first-order valence-electron chi connectivity index (χ1n) is 10.0. The number of carbonyl (C=O) groups excluding carboxylic acids is 1. The molecule has 0 aliphatic carbocycles. The van der Waals surface area contributed by atoms with E-state index in [1.807, 2.05) is 42.5 Å². The monoisotopic (exact) mass is 403 g/mol. The van der Waals surface area contributed by atoms with Gasteiger partial charge in [0, 0.05) is 23.9 Å². The molecule has 1 amide bonds. The molecule has 0 bridgehead atoms. The van der Waals surface area contributed by atoms with Gasteiger partial charge in [0.15, 0.2) is 11.5 Å². The Kier molecular flexibility index (Phi) is 4.50. The average molecular weight is 403 g/mol. The normalized spacial score (nSPS) is 15.6. The lowest BCUT2D eigenvalue weighted by Gasteiger charge is -2.31. The number of ether oxygens (including phenoxy) is 2. The van der Waals surface area contributed by atoms with Crippen LogP contribution in [0.1, 0.15) is 24.9 Å². The standard InChI is InChI=1S/C23H21N3O4/c1-15(23(28)25-12-4-6-16-5-2-3-7-19(16)25)26-22(27)11-9-18(24-26)17-8-10-20-21(13-17)30-14-29-20/h2-3,5,7-11,13,15H,4,6,12,14H2,1H3. The lowest BCUT2D eigenvalue weighted by atomic mass is 10.0. The highest BCUT2D eigenvalue weighted by Crippen LogP contribution is 2.35. The van der Waals surface area contributed by atoms with Crippen LogP contribution in [0, 0.1) is 0 Å². The number of hydrogen-bond acceptors (Lipinski definition) is 5. The van der Waals surface area contributed by atoms with E-state index in [-0.39, 0.29) is 18.3 Å². The second-order valence-electron chi connectivity index (χ2n) is 7.47. The van der Waals surface area contributed by atoms with Crippen molar-refractivity contribution in [2.45, 2.75) is 25.8 Å². The van der Waals surface area contributed by atoms with Crippen LogP contribution in [0.5, 0.6) is 11.5 Å². The van der Waals surface area contributed by atoms with Gasteiger partial charge in [-0.15, -0.1) is 0 Å². The summed E-state index contributed by atoms with van der Waals surface area (Å²) in [5.74, 6) is 1.18. The number of aryl methyl sites for hydroxylation is 1. The lowest BCUT2D eigenvalue weighted by molar-refractivity contribution is -0.121. The molecule has 1 unspecified atom stereocenters. The molecule has 2 aliphatic rings. The highest BCUT2D eigenvalue weighted by Gasteiger charge is 2.28. The van der Waals surface area contributed by atoms with Crippen LogP contribution in [-0.2, 0) is 11.2 Å². The third-order valence-corrected chi connectivity index (χ3v) is 5.59. The molecule has 5 rings (SSSR count). The maximum Gasteiger partial charge on any atom is 0.267 e. The number of fused-ring (bicyclic) bond motifs is 2. The topological polar surface area (TPSA) is 73.7 Å². The van der Waals surface area contributed by atoms with Crippen molar-refractivity contribution in [3.8, 4) is 22.8 Å². The summed E-state index contributed by atoms with van der Waals surface area (Å²) in [4.78, 5) is 27.6. The largest absolute Gasteiger partial charge is 0.454 e. The van der Waals surface area contributed by atoms with Crippen molar-refractivity contribution in [2.75, 3.05) is 18.2 Å².